The van der Waals surface area contributed by atoms with Gasteiger partial charge in [0.25, 0.3) is 0 Å². The monoisotopic (exact) mass is 292 g/mol. The molecule has 2 rings (SSSR count). The van der Waals surface area contributed by atoms with Crippen LogP contribution in [0, 0.1) is 0 Å². The van der Waals surface area contributed by atoms with Crippen LogP contribution < -0.4 is 4.18 Å². The number of benzene rings is 2. The molecule has 0 fully saturated rings. The molecular weight excluding hydrogens is 276 g/mol. The highest BCUT2D eigenvalue weighted by molar-refractivity contribution is 7.81. The van der Waals surface area contributed by atoms with E-state index < -0.39 is 15.8 Å². The van der Waals surface area contributed by atoms with Crippen molar-refractivity contribution in [2.75, 3.05) is 0 Å². The highest BCUT2D eigenvalue weighted by Crippen LogP contribution is 2.37. The van der Waals surface area contributed by atoms with Crippen molar-refractivity contribution in [3.63, 3.8) is 0 Å². The fourth-order valence-corrected chi connectivity index (χ4v) is 2.55. The van der Waals surface area contributed by atoms with Crippen molar-refractivity contribution in [1.82, 2.24) is 0 Å². The quantitative estimate of drug-likeness (QED) is 0.879. The van der Waals surface area contributed by atoms with E-state index in [9.17, 15) is 8.42 Å². The summed E-state index contributed by atoms with van der Waals surface area (Å²) < 4.78 is 35.4. The molecule has 0 unspecified atom stereocenters. The molecule has 0 amide bonds. The molecule has 0 saturated heterocycles. The lowest BCUT2D eigenvalue weighted by Gasteiger charge is -2.27. The van der Waals surface area contributed by atoms with Crippen LogP contribution >= 0.6 is 0 Å². The number of para-hydroxylation sites is 1. The third-order valence-corrected chi connectivity index (χ3v) is 3.64. The van der Waals surface area contributed by atoms with Crippen LogP contribution in [-0.2, 0) is 15.8 Å². The van der Waals surface area contributed by atoms with E-state index in [0.29, 0.717) is 5.56 Å². The lowest BCUT2D eigenvalue weighted by molar-refractivity contribution is 0.382. The molecular formula is C15H16O4S. The van der Waals surface area contributed by atoms with Crippen molar-refractivity contribution in [2.45, 2.75) is 19.3 Å². The maximum Gasteiger partial charge on any atom is 0.446 e. The van der Waals surface area contributed by atoms with Gasteiger partial charge >= 0.3 is 10.4 Å². The maximum atomic E-state index is 10.9. The summed E-state index contributed by atoms with van der Waals surface area (Å²) in [4.78, 5) is 0. The van der Waals surface area contributed by atoms with E-state index in [0.717, 1.165) is 5.56 Å². The van der Waals surface area contributed by atoms with Gasteiger partial charge in [-0.15, -0.1) is 0 Å². The van der Waals surface area contributed by atoms with E-state index in [1.54, 1.807) is 18.2 Å². The number of hydrogen-bond donors (Lipinski definition) is 1. The van der Waals surface area contributed by atoms with Crippen molar-refractivity contribution in [1.29, 1.82) is 0 Å². The molecule has 0 spiro atoms. The second-order valence-corrected chi connectivity index (χ2v) is 6.02. The van der Waals surface area contributed by atoms with Crippen LogP contribution in [0.15, 0.2) is 54.6 Å². The fourth-order valence-electron chi connectivity index (χ4n) is 2.18. The zero-order valence-electron chi connectivity index (χ0n) is 11.3. The molecule has 0 aliphatic rings. The minimum atomic E-state index is -4.54. The molecule has 0 atom stereocenters. The van der Waals surface area contributed by atoms with E-state index in [-0.39, 0.29) is 5.75 Å². The SMILES string of the molecule is CC(C)(c1ccccc1)c1ccccc1OS(=O)(=O)O. The van der Waals surface area contributed by atoms with Gasteiger partial charge in [0.05, 0.1) is 0 Å². The minimum Gasteiger partial charge on any atom is -0.361 e. The molecule has 106 valence electrons. The molecule has 2 aromatic carbocycles. The Morgan fingerprint density at radius 3 is 2.10 bits per heavy atom. The summed E-state index contributed by atoms with van der Waals surface area (Å²) in [5, 5.41) is 0. The molecule has 4 nitrogen and oxygen atoms in total. The van der Waals surface area contributed by atoms with Crippen molar-refractivity contribution >= 4 is 10.4 Å². The Morgan fingerprint density at radius 2 is 1.50 bits per heavy atom. The van der Waals surface area contributed by atoms with Gasteiger partial charge in [0, 0.05) is 11.0 Å². The zero-order valence-corrected chi connectivity index (χ0v) is 12.1. The van der Waals surface area contributed by atoms with Crippen molar-refractivity contribution < 1.29 is 17.2 Å². The predicted octanol–water partition coefficient (Wildman–Crippen LogP) is 3.19. The summed E-state index contributed by atoms with van der Waals surface area (Å²) in [6.07, 6.45) is 0. The van der Waals surface area contributed by atoms with Crippen molar-refractivity contribution in [2.24, 2.45) is 0 Å². The summed E-state index contributed by atoms with van der Waals surface area (Å²) in [6, 6.07) is 16.4. The Balaban J connectivity index is 2.52. The summed E-state index contributed by atoms with van der Waals surface area (Å²) in [7, 11) is -4.54. The summed E-state index contributed by atoms with van der Waals surface area (Å²) in [6.45, 7) is 3.93. The van der Waals surface area contributed by atoms with Gasteiger partial charge < -0.3 is 4.18 Å². The van der Waals surface area contributed by atoms with E-state index in [4.69, 9.17) is 4.55 Å². The largest absolute Gasteiger partial charge is 0.446 e. The maximum absolute atomic E-state index is 10.9. The van der Waals surface area contributed by atoms with Crippen LogP contribution in [-0.4, -0.2) is 13.0 Å². The first-order valence-corrected chi connectivity index (χ1v) is 7.49. The Kier molecular flexibility index (Phi) is 3.83. The van der Waals surface area contributed by atoms with Crippen LogP contribution in [0.2, 0.25) is 0 Å². The second-order valence-electron chi connectivity index (χ2n) is 5.00. The van der Waals surface area contributed by atoms with Crippen LogP contribution in [0.5, 0.6) is 5.75 Å². The predicted molar refractivity (Wildman–Crippen MR) is 77.2 cm³/mol. The molecule has 2 aromatic rings. The number of rotatable bonds is 4. The molecule has 20 heavy (non-hydrogen) atoms. The Hall–Kier alpha value is -1.85. The zero-order chi connectivity index (χ0) is 14.8. The molecule has 5 heteroatoms. The van der Waals surface area contributed by atoms with Crippen molar-refractivity contribution in [3.8, 4) is 5.75 Å². The van der Waals surface area contributed by atoms with Gasteiger partial charge in [0.15, 0.2) is 0 Å². The lowest BCUT2D eigenvalue weighted by atomic mass is 9.78. The smallest absolute Gasteiger partial charge is 0.361 e. The second kappa shape index (κ2) is 5.26. The van der Waals surface area contributed by atoms with Crippen LogP contribution in [0.1, 0.15) is 25.0 Å². The number of hydrogen-bond acceptors (Lipinski definition) is 3. The Bertz CT molecular complexity index is 691. The molecule has 0 aliphatic carbocycles. The van der Waals surface area contributed by atoms with E-state index in [1.165, 1.54) is 6.07 Å². The van der Waals surface area contributed by atoms with Gasteiger partial charge in [-0.05, 0) is 11.6 Å². The third kappa shape index (κ3) is 3.18. The van der Waals surface area contributed by atoms with Gasteiger partial charge in [-0.2, -0.15) is 8.42 Å². The Morgan fingerprint density at radius 1 is 0.950 bits per heavy atom. The summed E-state index contributed by atoms with van der Waals surface area (Å²) >= 11 is 0. The van der Waals surface area contributed by atoms with E-state index in [2.05, 4.69) is 4.18 Å². The van der Waals surface area contributed by atoms with Gasteiger partial charge in [-0.3, -0.25) is 4.55 Å². The van der Waals surface area contributed by atoms with Crippen LogP contribution in [0.3, 0.4) is 0 Å². The highest BCUT2D eigenvalue weighted by Gasteiger charge is 2.27. The standard InChI is InChI=1S/C15H16O4S/c1-15(2,12-8-4-3-5-9-12)13-10-6-7-11-14(13)19-20(16,17)18/h3-11H,1-2H3,(H,16,17,18). The first kappa shape index (κ1) is 14.6. The van der Waals surface area contributed by atoms with E-state index >= 15 is 0 Å². The third-order valence-electron chi connectivity index (χ3n) is 3.25. The molecule has 1 N–H and O–H groups in total. The van der Waals surface area contributed by atoms with Gasteiger partial charge in [0.2, 0.25) is 0 Å². The Labute approximate surface area is 119 Å². The van der Waals surface area contributed by atoms with Gasteiger partial charge in [-0.1, -0.05) is 62.4 Å². The van der Waals surface area contributed by atoms with Crippen molar-refractivity contribution in [3.05, 3.63) is 65.7 Å². The average Bonchev–Trinajstić information content (AvgIpc) is 2.38. The highest BCUT2D eigenvalue weighted by atomic mass is 32.3. The minimum absolute atomic E-state index is 0.129. The van der Waals surface area contributed by atoms with Gasteiger partial charge in [0.1, 0.15) is 5.75 Å². The first-order valence-electron chi connectivity index (χ1n) is 6.12. The normalized spacial score (nSPS) is 12.2. The molecule has 0 bridgehead atoms. The van der Waals surface area contributed by atoms with Crippen LogP contribution in [0.4, 0.5) is 0 Å². The molecule has 0 saturated carbocycles. The molecule has 0 heterocycles. The fraction of sp³-hybridized carbons (Fsp3) is 0.200. The average molecular weight is 292 g/mol. The van der Waals surface area contributed by atoms with Gasteiger partial charge in [-0.25, -0.2) is 0 Å². The van der Waals surface area contributed by atoms with E-state index in [1.807, 2.05) is 44.2 Å². The van der Waals surface area contributed by atoms with Crippen LogP contribution in [0.25, 0.3) is 0 Å². The topological polar surface area (TPSA) is 63.6 Å². The molecule has 0 aromatic heterocycles. The first-order chi connectivity index (χ1) is 9.31. The summed E-state index contributed by atoms with van der Waals surface area (Å²) in [5.41, 5.74) is 1.25. The summed E-state index contributed by atoms with van der Waals surface area (Å²) in [5.74, 6) is 0.129. The molecule has 0 radical (unpaired) electrons. The molecule has 0 aliphatic heterocycles. The lowest BCUT2D eigenvalue weighted by Crippen LogP contribution is -2.21.